The molecule has 0 bridgehead atoms. The molecule has 0 spiro atoms. The third-order valence-electron chi connectivity index (χ3n) is 2.75. The second-order valence-corrected chi connectivity index (χ2v) is 4.66. The first-order valence-electron chi connectivity index (χ1n) is 5.86. The molecule has 0 saturated heterocycles. The van der Waals surface area contributed by atoms with Gasteiger partial charge in [-0.15, -0.1) is 11.6 Å². The van der Waals surface area contributed by atoms with Gasteiger partial charge in [-0.1, -0.05) is 0 Å². The zero-order valence-electron chi connectivity index (χ0n) is 10.3. The van der Waals surface area contributed by atoms with Crippen LogP contribution >= 0.6 is 11.6 Å². The summed E-state index contributed by atoms with van der Waals surface area (Å²) >= 11 is 5.66. The lowest BCUT2D eigenvalue weighted by molar-refractivity contribution is -0.136. The molecular weight excluding hydrogens is 279 g/mol. The summed E-state index contributed by atoms with van der Waals surface area (Å²) in [6, 6.07) is 3.55. The fourth-order valence-electron chi connectivity index (χ4n) is 1.89. The Hall–Kier alpha value is -1.30. The molecule has 2 aromatic rings. The second kappa shape index (κ2) is 5.36. The molecule has 0 fully saturated rings. The number of hydrogen-bond donors (Lipinski definition) is 0. The Morgan fingerprint density at radius 1 is 1.26 bits per heavy atom. The number of alkyl halides is 4. The number of halogens is 4. The van der Waals surface area contributed by atoms with Crippen LogP contribution in [0, 0.1) is 6.92 Å². The van der Waals surface area contributed by atoms with E-state index < -0.39 is 12.6 Å². The van der Waals surface area contributed by atoms with Gasteiger partial charge in [-0.25, -0.2) is 9.97 Å². The summed E-state index contributed by atoms with van der Waals surface area (Å²) in [4.78, 5) is 8.56. The minimum absolute atomic E-state index is 0.178. The molecule has 0 aliphatic rings. The lowest BCUT2D eigenvalue weighted by Crippen LogP contribution is -2.14. The van der Waals surface area contributed by atoms with E-state index in [4.69, 9.17) is 11.6 Å². The summed E-state index contributed by atoms with van der Waals surface area (Å²) in [6.07, 6.45) is -4.67. The molecule has 7 heteroatoms. The largest absolute Gasteiger partial charge is 0.390 e. The second-order valence-electron chi connectivity index (χ2n) is 4.28. The van der Waals surface area contributed by atoms with Crippen LogP contribution in [0.2, 0.25) is 0 Å². The summed E-state index contributed by atoms with van der Waals surface area (Å²) in [5.74, 6) is 0.862. The van der Waals surface area contributed by atoms with Crippen molar-refractivity contribution in [3.63, 3.8) is 0 Å². The number of imidazole rings is 1. The van der Waals surface area contributed by atoms with Crippen molar-refractivity contribution in [1.29, 1.82) is 0 Å². The lowest BCUT2D eigenvalue weighted by Gasteiger charge is -2.10. The average Bonchev–Trinajstić information content (AvgIpc) is 2.63. The van der Waals surface area contributed by atoms with Gasteiger partial charge in [-0.3, -0.25) is 0 Å². The molecule has 0 radical (unpaired) electrons. The first-order chi connectivity index (χ1) is 8.90. The number of fused-ring (bicyclic) bond motifs is 1. The highest BCUT2D eigenvalue weighted by Crippen LogP contribution is 2.23. The van der Waals surface area contributed by atoms with Crippen molar-refractivity contribution in [2.75, 3.05) is 5.88 Å². The van der Waals surface area contributed by atoms with Crippen LogP contribution in [0.15, 0.2) is 12.1 Å². The maximum atomic E-state index is 12.4. The van der Waals surface area contributed by atoms with Crippen LogP contribution in [-0.2, 0) is 13.0 Å². The smallest absolute Gasteiger partial charge is 0.312 e. The Balaban J connectivity index is 2.41. The van der Waals surface area contributed by atoms with Crippen LogP contribution in [0.4, 0.5) is 13.2 Å². The molecule has 0 aromatic carbocycles. The standard InChI is InChI=1S/C12H13ClF3N3/c1-8-2-3-9-11(17-8)19(7-5-12(14,15)16)10(18-9)4-6-13/h2-3H,4-7H2,1H3. The third kappa shape index (κ3) is 3.37. The van der Waals surface area contributed by atoms with Gasteiger partial charge >= 0.3 is 6.18 Å². The van der Waals surface area contributed by atoms with Gasteiger partial charge in [0, 0.05) is 24.5 Å². The fourth-order valence-corrected chi connectivity index (χ4v) is 2.06. The zero-order valence-corrected chi connectivity index (χ0v) is 11.1. The molecule has 0 saturated carbocycles. The van der Waals surface area contributed by atoms with E-state index in [1.54, 1.807) is 19.1 Å². The van der Waals surface area contributed by atoms with Gasteiger partial charge in [0.05, 0.1) is 6.42 Å². The predicted molar refractivity (Wildman–Crippen MR) is 67.4 cm³/mol. The van der Waals surface area contributed by atoms with Gasteiger partial charge < -0.3 is 4.57 Å². The van der Waals surface area contributed by atoms with Gasteiger partial charge in [-0.05, 0) is 19.1 Å². The van der Waals surface area contributed by atoms with Gasteiger partial charge in [0.2, 0.25) is 0 Å². The minimum atomic E-state index is -4.20. The molecule has 2 rings (SSSR count). The summed E-state index contributed by atoms with van der Waals surface area (Å²) < 4.78 is 38.6. The van der Waals surface area contributed by atoms with E-state index >= 15 is 0 Å². The molecule has 3 nitrogen and oxygen atoms in total. The Morgan fingerprint density at radius 3 is 2.63 bits per heavy atom. The minimum Gasteiger partial charge on any atom is -0.312 e. The first kappa shape index (κ1) is 14.1. The number of aryl methyl sites for hydroxylation is 3. The Morgan fingerprint density at radius 2 is 2.00 bits per heavy atom. The van der Waals surface area contributed by atoms with Crippen LogP contribution in [0.1, 0.15) is 17.9 Å². The maximum absolute atomic E-state index is 12.4. The molecule has 0 unspecified atom stereocenters. The molecule has 0 N–H and O–H groups in total. The Bertz CT molecular complexity index is 577. The third-order valence-corrected chi connectivity index (χ3v) is 2.94. The number of rotatable bonds is 4. The highest BCUT2D eigenvalue weighted by atomic mass is 35.5. The van der Waals surface area contributed by atoms with Crippen molar-refractivity contribution in [1.82, 2.24) is 14.5 Å². The number of pyridine rings is 1. The Kier molecular flexibility index (Phi) is 3.99. The molecule has 0 amide bonds. The van der Waals surface area contributed by atoms with E-state index in [-0.39, 0.29) is 6.54 Å². The van der Waals surface area contributed by atoms with Gasteiger partial charge in [0.1, 0.15) is 11.3 Å². The van der Waals surface area contributed by atoms with Gasteiger partial charge in [0.25, 0.3) is 0 Å². The summed E-state index contributed by atoms with van der Waals surface area (Å²) in [6.45, 7) is 1.62. The summed E-state index contributed by atoms with van der Waals surface area (Å²) in [5.41, 5.74) is 1.84. The first-order valence-corrected chi connectivity index (χ1v) is 6.39. The topological polar surface area (TPSA) is 30.7 Å². The van der Waals surface area contributed by atoms with Gasteiger partial charge in [0.15, 0.2) is 5.65 Å². The SMILES string of the molecule is Cc1ccc2nc(CCCl)n(CCC(F)(F)F)c2n1. The van der Waals surface area contributed by atoms with E-state index in [9.17, 15) is 13.2 Å². The van der Waals surface area contributed by atoms with E-state index in [1.807, 2.05) is 0 Å². The molecule has 0 aliphatic heterocycles. The van der Waals surface area contributed by atoms with Crippen LogP contribution in [0.5, 0.6) is 0 Å². The molecule has 0 atom stereocenters. The van der Waals surface area contributed by atoms with Crippen molar-refractivity contribution in [2.45, 2.75) is 32.5 Å². The number of nitrogens with zero attached hydrogens (tertiary/aromatic N) is 3. The van der Waals surface area contributed by atoms with Crippen molar-refractivity contribution in [2.24, 2.45) is 0 Å². The van der Waals surface area contributed by atoms with Crippen LogP contribution < -0.4 is 0 Å². The maximum Gasteiger partial charge on any atom is 0.390 e. The van der Waals surface area contributed by atoms with E-state index in [1.165, 1.54) is 4.57 Å². The molecule has 2 heterocycles. The normalized spacial score (nSPS) is 12.3. The quantitative estimate of drug-likeness (QED) is 0.808. The average molecular weight is 292 g/mol. The van der Waals surface area contributed by atoms with Crippen molar-refractivity contribution in [3.05, 3.63) is 23.7 Å². The van der Waals surface area contributed by atoms with Crippen LogP contribution in [0.3, 0.4) is 0 Å². The number of aromatic nitrogens is 3. The molecule has 19 heavy (non-hydrogen) atoms. The van der Waals surface area contributed by atoms with Crippen molar-refractivity contribution in [3.8, 4) is 0 Å². The monoisotopic (exact) mass is 291 g/mol. The highest BCUT2D eigenvalue weighted by molar-refractivity contribution is 6.17. The predicted octanol–water partition coefficient (Wildman–Crippen LogP) is 3.47. The van der Waals surface area contributed by atoms with Crippen LogP contribution in [-0.4, -0.2) is 26.6 Å². The molecule has 104 valence electrons. The van der Waals surface area contributed by atoms with E-state index in [2.05, 4.69) is 9.97 Å². The Labute approximate surface area is 113 Å². The van der Waals surface area contributed by atoms with Crippen molar-refractivity contribution < 1.29 is 13.2 Å². The van der Waals surface area contributed by atoms with E-state index in [0.717, 1.165) is 5.69 Å². The van der Waals surface area contributed by atoms with E-state index in [0.29, 0.717) is 29.3 Å². The zero-order chi connectivity index (χ0) is 14.0. The molecular formula is C12H13ClF3N3. The van der Waals surface area contributed by atoms with Gasteiger partial charge in [-0.2, -0.15) is 13.2 Å². The fraction of sp³-hybridized carbons (Fsp3) is 0.500. The number of hydrogen-bond acceptors (Lipinski definition) is 2. The van der Waals surface area contributed by atoms with Crippen molar-refractivity contribution >= 4 is 22.8 Å². The molecule has 2 aromatic heterocycles. The summed E-state index contributed by atoms with van der Waals surface area (Å²) in [7, 11) is 0. The van der Waals surface area contributed by atoms with Crippen LogP contribution in [0.25, 0.3) is 11.2 Å². The molecule has 0 aliphatic carbocycles. The highest BCUT2D eigenvalue weighted by Gasteiger charge is 2.27. The summed E-state index contributed by atoms with van der Waals surface area (Å²) in [5, 5.41) is 0. The lowest BCUT2D eigenvalue weighted by atomic mass is 10.3.